The first-order valence-corrected chi connectivity index (χ1v) is 10.1. The molecule has 1 aliphatic rings. The van der Waals surface area contributed by atoms with Crippen LogP contribution >= 0.6 is 11.3 Å². The molecule has 0 spiro atoms. The van der Waals surface area contributed by atoms with E-state index in [1.807, 2.05) is 41.8 Å². The van der Waals surface area contributed by atoms with E-state index in [0.29, 0.717) is 12.0 Å². The first-order valence-electron chi connectivity index (χ1n) is 9.24. The van der Waals surface area contributed by atoms with Crippen molar-refractivity contribution >= 4 is 22.8 Å². The topological polar surface area (TPSA) is 56.5 Å². The second-order valence-corrected chi connectivity index (χ2v) is 8.07. The number of methoxy groups -OCH3 is 1. The SMILES string of the molecule is COc1ccc(-c2c(C)nn3c4c(cnc23)C(=O)C[C@H](c2cccs2)C4)cc1. The zero-order valence-electron chi connectivity index (χ0n) is 15.7. The van der Waals surface area contributed by atoms with Crippen molar-refractivity contribution in [1.82, 2.24) is 14.6 Å². The van der Waals surface area contributed by atoms with E-state index in [1.165, 1.54) is 4.88 Å². The number of nitrogens with zero attached hydrogens (tertiary/aromatic N) is 3. The van der Waals surface area contributed by atoms with Gasteiger partial charge in [-0.25, -0.2) is 9.50 Å². The Labute approximate surface area is 166 Å². The van der Waals surface area contributed by atoms with Gasteiger partial charge in [-0.1, -0.05) is 18.2 Å². The van der Waals surface area contributed by atoms with Crippen LogP contribution in [0.4, 0.5) is 0 Å². The van der Waals surface area contributed by atoms with Crippen molar-refractivity contribution < 1.29 is 9.53 Å². The molecule has 3 heterocycles. The minimum Gasteiger partial charge on any atom is -0.497 e. The van der Waals surface area contributed by atoms with E-state index in [2.05, 4.69) is 16.4 Å². The van der Waals surface area contributed by atoms with Crippen LogP contribution in [0.25, 0.3) is 16.8 Å². The highest BCUT2D eigenvalue weighted by Crippen LogP contribution is 2.36. The van der Waals surface area contributed by atoms with Crippen LogP contribution < -0.4 is 4.74 Å². The molecule has 28 heavy (non-hydrogen) atoms. The summed E-state index contributed by atoms with van der Waals surface area (Å²) in [6.45, 7) is 1.99. The number of fused-ring (bicyclic) bond motifs is 3. The van der Waals surface area contributed by atoms with Crippen molar-refractivity contribution in [2.24, 2.45) is 0 Å². The number of ketones is 1. The number of ether oxygens (including phenoxy) is 1. The normalized spacial score (nSPS) is 16.4. The zero-order valence-corrected chi connectivity index (χ0v) is 16.5. The summed E-state index contributed by atoms with van der Waals surface area (Å²) >= 11 is 1.71. The van der Waals surface area contributed by atoms with Crippen LogP contribution in [0.2, 0.25) is 0 Å². The number of hydrogen-bond acceptors (Lipinski definition) is 5. The van der Waals surface area contributed by atoms with Gasteiger partial charge in [0.2, 0.25) is 0 Å². The highest BCUT2D eigenvalue weighted by Gasteiger charge is 2.30. The van der Waals surface area contributed by atoms with Crippen molar-refractivity contribution in [3.8, 4) is 16.9 Å². The summed E-state index contributed by atoms with van der Waals surface area (Å²) in [4.78, 5) is 18.7. The summed E-state index contributed by atoms with van der Waals surface area (Å²) in [5.41, 5.74) is 5.39. The maximum absolute atomic E-state index is 12.8. The molecule has 0 N–H and O–H groups in total. The van der Waals surface area contributed by atoms with Gasteiger partial charge in [0.25, 0.3) is 0 Å². The number of aryl methyl sites for hydroxylation is 1. The van der Waals surface area contributed by atoms with Gasteiger partial charge in [0.1, 0.15) is 5.75 Å². The molecular weight excluding hydrogens is 370 g/mol. The Bertz CT molecular complexity index is 1180. The molecule has 0 fully saturated rings. The molecule has 4 aromatic rings. The summed E-state index contributed by atoms with van der Waals surface area (Å²) in [6, 6.07) is 12.1. The summed E-state index contributed by atoms with van der Waals surface area (Å²) in [5, 5.41) is 6.84. The van der Waals surface area contributed by atoms with E-state index >= 15 is 0 Å². The fraction of sp³-hybridized carbons (Fsp3) is 0.227. The smallest absolute Gasteiger partial charge is 0.166 e. The second-order valence-electron chi connectivity index (χ2n) is 7.09. The molecule has 5 rings (SSSR count). The van der Waals surface area contributed by atoms with Gasteiger partial charge in [0.15, 0.2) is 11.4 Å². The standard InChI is InChI=1S/C22H19N3O2S/c1-13-21(14-5-7-16(27-2)8-6-14)22-23-12-17-18(25(22)24-13)10-15(11-19(17)26)20-4-3-9-28-20/h3-9,12,15H,10-11H2,1-2H3/t15-/m1/s1. The Morgan fingerprint density at radius 2 is 2.00 bits per heavy atom. The van der Waals surface area contributed by atoms with Crippen molar-refractivity contribution in [3.05, 3.63) is 69.8 Å². The maximum Gasteiger partial charge on any atom is 0.166 e. The molecule has 140 valence electrons. The van der Waals surface area contributed by atoms with Crippen LogP contribution in [0.15, 0.2) is 48.0 Å². The number of rotatable bonds is 3. The molecule has 6 heteroatoms. The van der Waals surface area contributed by atoms with Gasteiger partial charge in [-0.05, 0) is 42.5 Å². The summed E-state index contributed by atoms with van der Waals surface area (Å²) < 4.78 is 7.14. The lowest BCUT2D eigenvalue weighted by Crippen LogP contribution is -2.22. The van der Waals surface area contributed by atoms with Gasteiger partial charge < -0.3 is 4.74 Å². The van der Waals surface area contributed by atoms with E-state index in [4.69, 9.17) is 9.84 Å². The van der Waals surface area contributed by atoms with Gasteiger partial charge in [0.05, 0.1) is 24.1 Å². The first-order chi connectivity index (χ1) is 13.7. The monoisotopic (exact) mass is 389 g/mol. The molecule has 1 atom stereocenters. The minimum atomic E-state index is 0.146. The van der Waals surface area contributed by atoms with Crippen LogP contribution in [0.1, 0.15) is 39.0 Å². The zero-order chi connectivity index (χ0) is 19.3. The second kappa shape index (κ2) is 6.56. The molecule has 1 aliphatic carbocycles. The molecule has 1 aromatic carbocycles. The number of carbonyl (C=O) groups is 1. The highest BCUT2D eigenvalue weighted by atomic mass is 32.1. The van der Waals surface area contributed by atoms with E-state index in [9.17, 15) is 4.79 Å². The lowest BCUT2D eigenvalue weighted by atomic mass is 9.85. The molecular formula is C22H19N3O2S. The fourth-order valence-electron chi connectivity index (χ4n) is 4.03. The number of Topliss-reactive ketones (excluding diaryl/α,β-unsaturated/α-hetero) is 1. The van der Waals surface area contributed by atoms with Gasteiger partial charge in [-0.2, -0.15) is 5.10 Å². The molecule has 3 aromatic heterocycles. The Balaban J connectivity index is 1.66. The number of carbonyl (C=O) groups excluding carboxylic acids is 1. The number of hydrogen-bond donors (Lipinski definition) is 0. The van der Waals surface area contributed by atoms with Gasteiger partial charge in [-0.15, -0.1) is 11.3 Å². The Morgan fingerprint density at radius 3 is 2.71 bits per heavy atom. The Morgan fingerprint density at radius 1 is 1.18 bits per heavy atom. The quantitative estimate of drug-likeness (QED) is 0.510. The molecule has 0 amide bonds. The van der Waals surface area contributed by atoms with Crippen LogP contribution in [0.3, 0.4) is 0 Å². The molecule has 0 aliphatic heterocycles. The number of thiophene rings is 1. The lowest BCUT2D eigenvalue weighted by Gasteiger charge is -2.23. The predicted molar refractivity (Wildman–Crippen MR) is 109 cm³/mol. The molecule has 5 nitrogen and oxygen atoms in total. The van der Waals surface area contributed by atoms with Crippen LogP contribution in [0, 0.1) is 6.92 Å². The van der Waals surface area contributed by atoms with Gasteiger partial charge in [-0.3, -0.25) is 4.79 Å². The van der Waals surface area contributed by atoms with Crippen molar-refractivity contribution in [2.75, 3.05) is 7.11 Å². The van der Waals surface area contributed by atoms with E-state index < -0.39 is 0 Å². The largest absolute Gasteiger partial charge is 0.497 e. The Kier molecular flexibility index (Phi) is 4.02. The molecule has 0 unspecified atom stereocenters. The third-order valence-corrected chi connectivity index (χ3v) is 6.45. The van der Waals surface area contributed by atoms with Crippen molar-refractivity contribution in [2.45, 2.75) is 25.7 Å². The average molecular weight is 389 g/mol. The van der Waals surface area contributed by atoms with E-state index in [1.54, 1.807) is 24.6 Å². The summed E-state index contributed by atoms with van der Waals surface area (Å²) in [5.74, 6) is 1.17. The lowest BCUT2D eigenvalue weighted by molar-refractivity contribution is 0.0962. The van der Waals surface area contributed by atoms with Crippen LogP contribution in [-0.4, -0.2) is 27.5 Å². The molecule has 0 saturated heterocycles. The number of aromatic nitrogens is 3. The van der Waals surface area contributed by atoms with Crippen molar-refractivity contribution in [3.63, 3.8) is 0 Å². The first kappa shape index (κ1) is 17.1. The van der Waals surface area contributed by atoms with Gasteiger partial charge >= 0.3 is 0 Å². The minimum absolute atomic E-state index is 0.146. The Hall–Kier alpha value is -2.99. The fourth-order valence-corrected chi connectivity index (χ4v) is 4.86. The third-order valence-electron chi connectivity index (χ3n) is 5.41. The predicted octanol–water partition coefficient (Wildman–Crippen LogP) is 4.69. The molecule has 0 bridgehead atoms. The maximum atomic E-state index is 12.8. The summed E-state index contributed by atoms with van der Waals surface area (Å²) in [6.07, 6.45) is 3.06. The van der Waals surface area contributed by atoms with Crippen LogP contribution in [0.5, 0.6) is 5.75 Å². The molecule has 0 saturated carbocycles. The average Bonchev–Trinajstić information content (AvgIpc) is 3.35. The summed E-state index contributed by atoms with van der Waals surface area (Å²) in [7, 11) is 1.66. The number of benzene rings is 1. The molecule has 0 radical (unpaired) electrons. The van der Waals surface area contributed by atoms with E-state index in [0.717, 1.165) is 40.3 Å². The highest BCUT2D eigenvalue weighted by molar-refractivity contribution is 7.10. The van der Waals surface area contributed by atoms with Crippen LogP contribution in [-0.2, 0) is 6.42 Å². The van der Waals surface area contributed by atoms with Crippen molar-refractivity contribution in [1.29, 1.82) is 0 Å². The van der Waals surface area contributed by atoms with Gasteiger partial charge in [0, 0.05) is 29.0 Å². The van der Waals surface area contributed by atoms with E-state index in [-0.39, 0.29) is 11.7 Å². The third kappa shape index (κ3) is 2.64.